The number of nitrogens with zero attached hydrogens (tertiary/aromatic N) is 2. The molecule has 3 nitrogen and oxygen atoms in total. The lowest BCUT2D eigenvalue weighted by atomic mass is 10.1. The molecule has 130 valence electrons. The lowest BCUT2D eigenvalue weighted by Crippen LogP contribution is -2.12. The minimum atomic E-state index is -4.75. The van der Waals surface area contributed by atoms with Crippen LogP contribution in [0.4, 0.5) is 23.4 Å². The van der Waals surface area contributed by atoms with Gasteiger partial charge in [0.1, 0.15) is 11.6 Å². The van der Waals surface area contributed by atoms with Crippen molar-refractivity contribution in [3.63, 3.8) is 0 Å². The number of hydrogen-bond acceptors (Lipinski definition) is 3. The summed E-state index contributed by atoms with van der Waals surface area (Å²) in [6, 6.07) is 8.34. The Bertz CT molecular complexity index is 947. The van der Waals surface area contributed by atoms with Crippen LogP contribution in [-0.2, 0) is 12.7 Å². The van der Waals surface area contributed by atoms with E-state index in [1.165, 1.54) is 6.07 Å². The summed E-state index contributed by atoms with van der Waals surface area (Å²) in [5.41, 5.74) is -0.886. The molecule has 1 N–H and O–H groups in total. The Labute approximate surface area is 153 Å². The SMILES string of the molecule is Fc1c(CNc2nc(Cl)nc3ccc(Br)cc23)cccc1C(F)(F)F. The summed E-state index contributed by atoms with van der Waals surface area (Å²) in [4.78, 5) is 8.10. The number of aromatic nitrogens is 2. The molecule has 2 aromatic carbocycles. The normalized spacial score (nSPS) is 11.8. The number of benzene rings is 2. The van der Waals surface area contributed by atoms with Crippen molar-refractivity contribution in [2.45, 2.75) is 12.7 Å². The Hall–Kier alpha value is -1.93. The highest BCUT2D eigenvalue weighted by molar-refractivity contribution is 9.10. The van der Waals surface area contributed by atoms with Crippen LogP contribution in [0.3, 0.4) is 0 Å². The number of rotatable bonds is 3. The van der Waals surface area contributed by atoms with Crippen LogP contribution < -0.4 is 5.32 Å². The van der Waals surface area contributed by atoms with Gasteiger partial charge in [-0.25, -0.2) is 14.4 Å². The van der Waals surface area contributed by atoms with E-state index in [0.29, 0.717) is 22.8 Å². The van der Waals surface area contributed by atoms with E-state index < -0.39 is 17.6 Å². The van der Waals surface area contributed by atoms with Gasteiger partial charge in [0, 0.05) is 22.0 Å². The lowest BCUT2D eigenvalue weighted by Gasteiger charge is -2.13. The fraction of sp³-hybridized carbons (Fsp3) is 0.125. The maximum atomic E-state index is 14.1. The molecule has 0 unspecified atom stereocenters. The molecule has 0 aliphatic rings. The molecule has 0 saturated heterocycles. The third-order valence-electron chi connectivity index (χ3n) is 3.46. The minimum absolute atomic E-state index is 0.0261. The first-order chi connectivity index (χ1) is 11.8. The number of alkyl halides is 3. The fourth-order valence-electron chi connectivity index (χ4n) is 2.32. The second kappa shape index (κ2) is 6.76. The molecule has 0 saturated carbocycles. The molecule has 3 rings (SSSR count). The first kappa shape index (κ1) is 17.9. The van der Waals surface area contributed by atoms with E-state index in [9.17, 15) is 17.6 Å². The summed E-state index contributed by atoms with van der Waals surface area (Å²) < 4.78 is 53.2. The summed E-state index contributed by atoms with van der Waals surface area (Å²) in [6.45, 7) is -0.190. The molecule has 0 spiro atoms. The third kappa shape index (κ3) is 3.85. The van der Waals surface area contributed by atoms with E-state index in [2.05, 4.69) is 31.2 Å². The topological polar surface area (TPSA) is 37.8 Å². The molecule has 0 aliphatic heterocycles. The molecule has 0 amide bonds. The van der Waals surface area contributed by atoms with Gasteiger partial charge >= 0.3 is 6.18 Å². The van der Waals surface area contributed by atoms with Crippen molar-refractivity contribution >= 4 is 44.3 Å². The molecule has 0 fully saturated rings. The van der Waals surface area contributed by atoms with Crippen molar-refractivity contribution in [1.29, 1.82) is 0 Å². The Morgan fingerprint density at radius 3 is 2.60 bits per heavy atom. The van der Waals surface area contributed by atoms with E-state index >= 15 is 0 Å². The van der Waals surface area contributed by atoms with E-state index in [1.807, 2.05) is 0 Å². The highest BCUT2D eigenvalue weighted by Gasteiger charge is 2.34. The lowest BCUT2D eigenvalue weighted by molar-refractivity contribution is -0.140. The van der Waals surface area contributed by atoms with Gasteiger partial charge < -0.3 is 5.32 Å². The molecular weight excluding hydrogens is 426 g/mol. The maximum absolute atomic E-state index is 14.1. The smallest absolute Gasteiger partial charge is 0.365 e. The first-order valence-electron chi connectivity index (χ1n) is 6.97. The van der Waals surface area contributed by atoms with Crippen molar-refractivity contribution in [2.24, 2.45) is 0 Å². The number of nitrogens with one attached hydrogen (secondary N) is 1. The van der Waals surface area contributed by atoms with Crippen LogP contribution in [0.25, 0.3) is 10.9 Å². The van der Waals surface area contributed by atoms with E-state index in [-0.39, 0.29) is 17.4 Å². The molecule has 1 heterocycles. The summed E-state index contributed by atoms with van der Waals surface area (Å²) in [7, 11) is 0. The monoisotopic (exact) mass is 433 g/mol. The van der Waals surface area contributed by atoms with Crippen LogP contribution >= 0.6 is 27.5 Å². The average Bonchev–Trinajstić information content (AvgIpc) is 2.53. The second-order valence-electron chi connectivity index (χ2n) is 5.13. The van der Waals surface area contributed by atoms with Gasteiger partial charge in [-0.05, 0) is 35.9 Å². The van der Waals surface area contributed by atoms with Gasteiger partial charge in [-0.1, -0.05) is 28.1 Å². The second-order valence-corrected chi connectivity index (χ2v) is 6.39. The molecule has 3 aromatic rings. The van der Waals surface area contributed by atoms with Crippen LogP contribution in [-0.4, -0.2) is 9.97 Å². The van der Waals surface area contributed by atoms with Gasteiger partial charge in [-0.3, -0.25) is 0 Å². The zero-order valence-corrected chi connectivity index (χ0v) is 14.7. The third-order valence-corrected chi connectivity index (χ3v) is 4.12. The van der Waals surface area contributed by atoms with Crippen LogP contribution in [0.5, 0.6) is 0 Å². The molecule has 0 radical (unpaired) electrons. The summed E-state index contributed by atoms with van der Waals surface area (Å²) in [6.07, 6.45) is -4.75. The van der Waals surface area contributed by atoms with Gasteiger partial charge in [0.2, 0.25) is 5.28 Å². The van der Waals surface area contributed by atoms with Crippen molar-refractivity contribution < 1.29 is 17.6 Å². The molecular formula is C16H9BrClF4N3. The number of hydrogen-bond donors (Lipinski definition) is 1. The Morgan fingerprint density at radius 2 is 1.88 bits per heavy atom. The van der Waals surface area contributed by atoms with Crippen LogP contribution in [0.15, 0.2) is 40.9 Å². The molecule has 9 heteroatoms. The predicted octanol–water partition coefficient (Wildman–Crippen LogP) is 5.82. The zero-order valence-electron chi connectivity index (χ0n) is 12.3. The van der Waals surface area contributed by atoms with E-state index in [1.54, 1.807) is 18.2 Å². The van der Waals surface area contributed by atoms with E-state index in [4.69, 9.17) is 11.6 Å². The largest absolute Gasteiger partial charge is 0.419 e. The summed E-state index contributed by atoms with van der Waals surface area (Å²) >= 11 is 9.19. The highest BCUT2D eigenvalue weighted by atomic mass is 79.9. The van der Waals surface area contributed by atoms with Crippen LogP contribution in [0.2, 0.25) is 5.28 Å². The molecule has 1 aromatic heterocycles. The fourth-order valence-corrected chi connectivity index (χ4v) is 2.86. The van der Waals surface area contributed by atoms with Gasteiger partial charge in [-0.15, -0.1) is 0 Å². The van der Waals surface area contributed by atoms with Crippen molar-refractivity contribution in [2.75, 3.05) is 5.32 Å². The Balaban J connectivity index is 1.95. The first-order valence-corrected chi connectivity index (χ1v) is 8.14. The van der Waals surface area contributed by atoms with Gasteiger partial charge in [-0.2, -0.15) is 13.2 Å². The summed E-state index contributed by atoms with van der Waals surface area (Å²) in [5, 5.41) is 3.40. The van der Waals surface area contributed by atoms with Crippen LogP contribution in [0, 0.1) is 5.82 Å². The van der Waals surface area contributed by atoms with Gasteiger partial charge in [0.15, 0.2) is 0 Å². The Kier molecular flexibility index (Phi) is 4.83. The van der Waals surface area contributed by atoms with E-state index in [0.717, 1.165) is 10.5 Å². The minimum Gasteiger partial charge on any atom is -0.365 e. The van der Waals surface area contributed by atoms with Crippen molar-refractivity contribution in [3.8, 4) is 0 Å². The van der Waals surface area contributed by atoms with Crippen molar-refractivity contribution in [3.05, 3.63) is 63.1 Å². The molecule has 0 atom stereocenters. The zero-order chi connectivity index (χ0) is 18.2. The Morgan fingerprint density at radius 1 is 1.12 bits per heavy atom. The van der Waals surface area contributed by atoms with Gasteiger partial charge in [0.25, 0.3) is 0 Å². The number of anilines is 1. The molecule has 0 aliphatic carbocycles. The molecule has 25 heavy (non-hydrogen) atoms. The van der Waals surface area contributed by atoms with Gasteiger partial charge in [0.05, 0.1) is 11.1 Å². The summed E-state index contributed by atoms with van der Waals surface area (Å²) in [5.74, 6) is -1.01. The number of halogens is 6. The molecule has 0 bridgehead atoms. The quantitative estimate of drug-likeness (QED) is 0.417. The van der Waals surface area contributed by atoms with Crippen molar-refractivity contribution in [1.82, 2.24) is 9.97 Å². The standard InChI is InChI=1S/C16H9BrClF4N3/c17-9-4-5-12-10(6-9)14(25-15(18)24-12)23-7-8-2-1-3-11(13(8)19)16(20,21)22/h1-6H,7H2,(H,23,24,25). The maximum Gasteiger partial charge on any atom is 0.419 e. The van der Waals surface area contributed by atoms with Crippen LogP contribution in [0.1, 0.15) is 11.1 Å². The predicted molar refractivity (Wildman–Crippen MR) is 91.0 cm³/mol. The number of fused-ring (bicyclic) bond motifs is 1. The highest BCUT2D eigenvalue weighted by Crippen LogP contribution is 2.33. The average molecular weight is 435 g/mol.